The van der Waals surface area contributed by atoms with Crippen molar-refractivity contribution in [2.24, 2.45) is 0 Å². The van der Waals surface area contributed by atoms with Gasteiger partial charge in [-0.25, -0.2) is 13.4 Å². The van der Waals surface area contributed by atoms with E-state index in [0.717, 1.165) is 4.47 Å². The summed E-state index contributed by atoms with van der Waals surface area (Å²) in [5, 5.41) is 0.302. The summed E-state index contributed by atoms with van der Waals surface area (Å²) in [5.41, 5.74) is 7.43. The fourth-order valence-electron chi connectivity index (χ4n) is 1.66. The molecule has 2 rings (SSSR count). The number of pyridine rings is 1. The molecule has 112 valence electrons. The van der Waals surface area contributed by atoms with Gasteiger partial charge in [0.1, 0.15) is 5.82 Å². The maximum absolute atomic E-state index is 12.4. The predicted molar refractivity (Wildman–Crippen MR) is 88.1 cm³/mol. The Bertz CT molecular complexity index is 786. The average molecular weight is 391 g/mol. The van der Waals surface area contributed by atoms with Crippen molar-refractivity contribution in [2.45, 2.75) is 18.7 Å². The van der Waals surface area contributed by atoms with Crippen LogP contribution in [0.2, 0.25) is 5.02 Å². The van der Waals surface area contributed by atoms with Crippen LogP contribution in [0.25, 0.3) is 0 Å². The van der Waals surface area contributed by atoms with Crippen molar-refractivity contribution >= 4 is 49.1 Å². The van der Waals surface area contributed by atoms with Gasteiger partial charge in [0.2, 0.25) is 0 Å². The molecule has 21 heavy (non-hydrogen) atoms. The number of halogens is 2. The third-order valence-electron chi connectivity index (χ3n) is 2.94. The number of aryl methyl sites for hydroxylation is 1. The van der Waals surface area contributed by atoms with E-state index in [1.807, 2.05) is 0 Å². The van der Waals surface area contributed by atoms with Crippen LogP contribution in [0.15, 0.2) is 33.8 Å². The van der Waals surface area contributed by atoms with Crippen molar-refractivity contribution in [1.82, 2.24) is 4.98 Å². The zero-order valence-corrected chi connectivity index (χ0v) is 14.5. The minimum atomic E-state index is -3.80. The quantitative estimate of drug-likeness (QED) is 0.786. The van der Waals surface area contributed by atoms with Crippen LogP contribution in [0, 0.1) is 13.8 Å². The SMILES string of the molecule is Cc1cc(Br)cnc1NS(=O)(=O)c1cc(N)c(C)c(Cl)c1. The first-order valence-corrected chi connectivity index (χ1v) is 8.56. The zero-order valence-electron chi connectivity index (χ0n) is 11.3. The molecule has 1 heterocycles. The minimum Gasteiger partial charge on any atom is -0.398 e. The highest BCUT2D eigenvalue weighted by molar-refractivity contribution is 9.10. The van der Waals surface area contributed by atoms with E-state index in [0.29, 0.717) is 21.8 Å². The van der Waals surface area contributed by atoms with E-state index in [-0.39, 0.29) is 10.7 Å². The third-order valence-corrected chi connectivity index (χ3v) is 5.09. The van der Waals surface area contributed by atoms with Gasteiger partial charge in [-0.1, -0.05) is 11.6 Å². The van der Waals surface area contributed by atoms with E-state index >= 15 is 0 Å². The molecule has 0 bridgehead atoms. The summed E-state index contributed by atoms with van der Waals surface area (Å²) in [4.78, 5) is 4.05. The number of nitrogens with zero attached hydrogens (tertiary/aromatic N) is 1. The molecule has 1 aromatic carbocycles. The molecule has 5 nitrogen and oxygen atoms in total. The number of benzene rings is 1. The Hall–Kier alpha value is -1.31. The van der Waals surface area contributed by atoms with E-state index in [4.69, 9.17) is 17.3 Å². The summed E-state index contributed by atoms with van der Waals surface area (Å²) >= 11 is 9.26. The van der Waals surface area contributed by atoms with Crippen molar-refractivity contribution in [3.05, 3.63) is 45.0 Å². The van der Waals surface area contributed by atoms with Gasteiger partial charge >= 0.3 is 0 Å². The smallest absolute Gasteiger partial charge is 0.263 e. The number of aromatic nitrogens is 1. The fraction of sp³-hybridized carbons (Fsp3) is 0.154. The number of nitrogens with two attached hydrogens (primary N) is 1. The van der Waals surface area contributed by atoms with Gasteiger partial charge in [0.15, 0.2) is 0 Å². The molecular formula is C13H13BrClN3O2S. The highest BCUT2D eigenvalue weighted by Crippen LogP contribution is 2.27. The molecule has 0 atom stereocenters. The molecule has 0 radical (unpaired) electrons. The van der Waals surface area contributed by atoms with Crippen LogP contribution in [0.5, 0.6) is 0 Å². The average Bonchev–Trinajstić information content (AvgIpc) is 2.38. The van der Waals surface area contributed by atoms with Crippen molar-refractivity contribution < 1.29 is 8.42 Å². The van der Waals surface area contributed by atoms with E-state index in [1.165, 1.54) is 18.3 Å². The number of nitrogens with one attached hydrogen (secondary N) is 1. The first-order valence-electron chi connectivity index (χ1n) is 5.91. The number of rotatable bonds is 3. The maximum atomic E-state index is 12.4. The second kappa shape index (κ2) is 5.82. The van der Waals surface area contributed by atoms with Gasteiger partial charge in [0, 0.05) is 21.4 Å². The number of nitrogen functional groups attached to an aromatic ring is 1. The minimum absolute atomic E-state index is 0.000260. The van der Waals surface area contributed by atoms with Crippen molar-refractivity contribution in [1.29, 1.82) is 0 Å². The van der Waals surface area contributed by atoms with Crippen LogP contribution in [-0.2, 0) is 10.0 Å². The molecule has 0 fully saturated rings. The van der Waals surface area contributed by atoms with Crippen molar-refractivity contribution in [3.63, 3.8) is 0 Å². The van der Waals surface area contributed by atoms with Gasteiger partial charge in [-0.2, -0.15) is 0 Å². The Morgan fingerprint density at radius 1 is 1.29 bits per heavy atom. The van der Waals surface area contributed by atoms with E-state index in [1.54, 1.807) is 19.9 Å². The van der Waals surface area contributed by atoms with Crippen LogP contribution < -0.4 is 10.5 Å². The normalized spacial score (nSPS) is 11.4. The Labute approximate surface area is 136 Å². The molecular weight excluding hydrogens is 378 g/mol. The molecule has 0 saturated heterocycles. The lowest BCUT2D eigenvalue weighted by molar-refractivity contribution is 0.601. The van der Waals surface area contributed by atoms with Gasteiger partial charge in [-0.3, -0.25) is 4.72 Å². The Morgan fingerprint density at radius 3 is 2.52 bits per heavy atom. The maximum Gasteiger partial charge on any atom is 0.263 e. The fourth-order valence-corrected chi connectivity index (χ4v) is 3.54. The van der Waals surface area contributed by atoms with E-state index in [9.17, 15) is 8.42 Å². The molecule has 1 aromatic heterocycles. The van der Waals surface area contributed by atoms with Crippen LogP contribution in [0.1, 0.15) is 11.1 Å². The molecule has 0 aliphatic heterocycles. The molecule has 0 saturated carbocycles. The summed E-state index contributed by atoms with van der Waals surface area (Å²) in [6, 6.07) is 4.50. The number of hydrogen-bond acceptors (Lipinski definition) is 4. The number of sulfonamides is 1. The Balaban J connectivity index is 2.43. The van der Waals surface area contributed by atoms with Crippen LogP contribution >= 0.6 is 27.5 Å². The topological polar surface area (TPSA) is 85.1 Å². The van der Waals surface area contributed by atoms with E-state index in [2.05, 4.69) is 25.6 Å². The first-order chi connectivity index (χ1) is 9.70. The molecule has 0 unspecified atom stereocenters. The lowest BCUT2D eigenvalue weighted by Gasteiger charge is -2.12. The summed E-state index contributed by atoms with van der Waals surface area (Å²) in [5.74, 6) is 0.258. The molecule has 0 amide bonds. The van der Waals surface area contributed by atoms with Gasteiger partial charge in [-0.15, -0.1) is 0 Å². The summed E-state index contributed by atoms with van der Waals surface area (Å²) in [6.45, 7) is 3.48. The molecule has 2 aromatic rings. The Morgan fingerprint density at radius 2 is 1.95 bits per heavy atom. The lowest BCUT2D eigenvalue weighted by atomic mass is 10.2. The zero-order chi connectivity index (χ0) is 15.8. The van der Waals surface area contributed by atoms with E-state index < -0.39 is 10.0 Å². The second-order valence-corrected chi connectivity index (χ2v) is 7.55. The van der Waals surface area contributed by atoms with Gasteiger partial charge < -0.3 is 5.73 Å². The van der Waals surface area contributed by atoms with Gasteiger partial charge in [0.05, 0.1) is 4.90 Å². The highest BCUT2D eigenvalue weighted by atomic mass is 79.9. The molecule has 3 N–H and O–H groups in total. The predicted octanol–water partition coefficient (Wildman–Crippen LogP) is 3.50. The number of hydrogen-bond donors (Lipinski definition) is 2. The van der Waals surface area contributed by atoms with Crippen LogP contribution in [0.3, 0.4) is 0 Å². The van der Waals surface area contributed by atoms with Gasteiger partial charge in [0.25, 0.3) is 10.0 Å². The van der Waals surface area contributed by atoms with Gasteiger partial charge in [-0.05, 0) is 59.1 Å². The first kappa shape index (κ1) is 16.1. The van der Waals surface area contributed by atoms with Crippen LogP contribution in [-0.4, -0.2) is 13.4 Å². The highest BCUT2D eigenvalue weighted by Gasteiger charge is 2.18. The molecule has 0 spiro atoms. The monoisotopic (exact) mass is 389 g/mol. The summed E-state index contributed by atoms with van der Waals surface area (Å²) in [6.07, 6.45) is 1.52. The summed E-state index contributed by atoms with van der Waals surface area (Å²) in [7, 11) is -3.80. The Kier molecular flexibility index (Phi) is 4.46. The third kappa shape index (κ3) is 3.48. The molecule has 0 aliphatic carbocycles. The summed E-state index contributed by atoms with van der Waals surface area (Å²) < 4.78 is 28.0. The largest absolute Gasteiger partial charge is 0.398 e. The van der Waals surface area contributed by atoms with Crippen molar-refractivity contribution in [2.75, 3.05) is 10.5 Å². The standard InChI is InChI=1S/C13H13BrClN3O2S/c1-7-3-9(14)6-17-13(7)18-21(19,20)10-4-11(15)8(2)12(16)5-10/h3-6H,16H2,1-2H3,(H,17,18). The second-order valence-electron chi connectivity index (χ2n) is 4.54. The lowest BCUT2D eigenvalue weighted by Crippen LogP contribution is -2.15. The van der Waals surface area contributed by atoms with Crippen molar-refractivity contribution in [3.8, 4) is 0 Å². The van der Waals surface area contributed by atoms with Crippen LogP contribution in [0.4, 0.5) is 11.5 Å². The number of anilines is 2. The molecule has 0 aliphatic rings. The molecule has 8 heteroatoms.